The average molecular weight is 319 g/mol. The average Bonchev–Trinajstić information content (AvgIpc) is 2.41. The Hall–Kier alpha value is -0.890. The summed E-state index contributed by atoms with van der Waals surface area (Å²) in [4.78, 5) is 6.16. The van der Waals surface area contributed by atoms with Crippen LogP contribution in [0, 0.1) is 0 Å². The van der Waals surface area contributed by atoms with Crippen molar-refractivity contribution in [1.82, 2.24) is 14.2 Å². The van der Waals surface area contributed by atoms with E-state index in [1.807, 2.05) is 0 Å². The molecule has 1 saturated heterocycles. The monoisotopic (exact) mass is 318 g/mol. The van der Waals surface area contributed by atoms with Gasteiger partial charge in [0.1, 0.15) is 10.7 Å². The largest absolute Gasteiger partial charge is 0.382 e. The molecule has 0 saturated carbocycles. The number of piperazine rings is 1. The van der Waals surface area contributed by atoms with Crippen LogP contribution < -0.4 is 5.73 Å². The first-order valence-electron chi connectivity index (χ1n) is 6.47. The predicted molar refractivity (Wildman–Crippen MR) is 79.1 cm³/mol. The normalized spacial score (nSPS) is 18.6. The van der Waals surface area contributed by atoms with E-state index < -0.39 is 10.0 Å². The number of halogens is 1. The molecule has 0 bridgehead atoms. The van der Waals surface area contributed by atoms with E-state index in [-0.39, 0.29) is 15.7 Å². The fourth-order valence-corrected chi connectivity index (χ4v) is 3.81. The van der Waals surface area contributed by atoms with E-state index in [1.165, 1.54) is 16.6 Å². The molecule has 1 aliphatic heterocycles. The smallest absolute Gasteiger partial charge is 0.244 e. The minimum absolute atomic E-state index is 0.0923. The van der Waals surface area contributed by atoms with Gasteiger partial charge < -0.3 is 5.73 Å². The van der Waals surface area contributed by atoms with Gasteiger partial charge in [0.25, 0.3) is 0 Å². The fourth-order valence-electron chi connectivity index (χ4n) is 2.18. The van der Waals surface area contributed by atoms with Crippen LogP contribution in [0.1, 0.15) is 13.8 Å². The number of nitrogen functional groups attached to an aromatic ring is 1. The Morgan fingerprint density at radius 2 is 1.90 bits per heavy atom. The zero-order valence-electron chi connectivity index (χ0n) is 11.6. The molecule has 0 amide bonds. The second-order valence-electron chi connectivity index (χ2n) is 5.07. The molecular weight excluding hydrogens is 300 g/mol. The van der Waals surface area contributed by atoms with Crippen molar-refractivity contribution in [3.63, 3.8) is 0 Å². The Morgan fingerprint density at radius 1 is 1.30 bits per heavy atom. The molecule has 1 aromatic rings. The highest BCUT2D eigenvalue weighted by Gasteiger charge is 2.29. The van der Waals surface area contributed by atoms with Crippen LogP contribution in [0.2, 0.25) is 5.02 Å². The van der Waals surface area contributed by atoms with Gasteiger partial charge in [-0.1, -0.05) is 11.6 Å². The van der Waals surface area contributed by atoms with Crippen LogP contribution in [0.4, 0.5) is 5.82 Å². The summed E-state index contributed by atoms with van der Waals surface area (Å²) in [5, 5.41) is 0.159. The number of pyridine rings is 1. The number of anilines is 1. The first-order chi connectivity index (χ1) is 9.32. The van der Waals surface area contributed by atoms with Crippen LogP contribution in [0.15, 0.2) is 17.2 Å². The maximum Gasteiger partial charge on any atom is 0.244 e. The summed E-state index contributed by atoms with van der Waals surface area (Å²) >= 11 is 5.84. The first kappa shape index (κ1) is 15.5. The first-order valence-corrected chi connectivity index (χ1v) is 8.29. The lowest BCUT2D eigenvalue weighted by Gasteiger charge is -2.36. The minimum atomic E-state index is -3.55. The van der Waals surface area contributed by atoms with Crippen LogP contribution in [0.5, 0.6) is 0 Å². The molecule has 20 heavy (non-hydrogen) atoms. The summed E-state index contributed by atoms with van der Waals surface area (Å²) in [6, 6.07) is 1.78. The highest BCUT2D eigenvalue weighted by Crippen LogP contribution is 2.23. The summed E-state index contributed by atoms with van der Waals surface area (Å²) in [5.41, 5.74) is 5.50. The lowest BCUT2D eigenvalue weighted by Crippen LogP contribution is -2.50. The highest BCUT2D eigenvalue weighted by atomic mass is 35.5. The predicted octanol–water partition coefficient (Wildman–Crippen LogP) is 1.03. The van der Waals surface area contributed by atoms with E-state index in [1.54, 1.807) is 0 Å². The Morgan fingerprint density at radius 3 is 2.40 bits per heavy atom. The topological polar surface area (TPSA) is 79.5 Å². The third-order valence-electron chi connectivity index (χ3n) is 3.49. The number of nitrogens with zero attached hydrogens (tertiary/aromatic N) is 3. The maximum absolute atomic E-state index is 12.5. The molecule has 0 aromatic carbocycles. The van der Waals surface area contributed by atoms with Crippen molar-refractivity contribution in [3.05, 3.63) is 17.3 Å². The van der Waals surface area contributed by atoms with Gasteiger partial charge in [0, 0.05) is 38.4 Å². The molecule has 0 aliphatic carbocycles. The Labute approximate surface area is 124 Å². The van der Waals surface area contributed by atoms with Crippen molar-refractivity contribution in [2.24, 2.45) is 0 Å². The standard InChI is InChI=1S/C12H19ClN4O2S/c1-9(2)16-3-5-17(6-4-16)20(18,19)10-7-11(13)12(14)15-8-10/h7-9H,3-6H2,1-2H3,(H2,14,15). The summed E-state index contributed by atoms with van der Waals surface area (Å²) in [5.74, 6) is 0.134. The lowest BCUT2D eigenvalue weighted by atomic mass is 10.3. The molecule has 0 atom stereocenters. The van der Waals surface area contributed by atoms with Crippen LogP contribution in [-0.2, 0) is 10.0 Å². The third-order valence-corrected chi connectivity index (χ3v) is 5.65. The quantitative estimate of drug-likeness (QED) is 0.900. The van der Waals surface area contributed by atoms with Gasteiger partial charge in [0.2, 0.25) is 10.0 Å². The molecule has 1 aliphatic rings. The van der Waals surface area contributed by atoms with Crippen molar-refractivity contribution in [3.8, 4) is 0 Å². The van der Waals surface area contributed by atoms with E-state index in [0.29, 0.717) is 19.1 Å². The van der Waals surface area contributed by atoms with E-state index in [9.17, 15) is 8.42 Å². The molecule has 6 nitrogen and oxygen atoms in total. The van der Waals surface area contributed by atoms with Crippen LogP contribution >= 0.6 is 11.6 Å². The Balaban J connectivity index is 2.17. The number of hydrogen-bond donors (Lipinski definition) is 1. The van der Waals surface area contributed by atoms with Crippen molar-refractivity contribution in [1.29, 1.82) is 0 Å². The zero-order valence-corrected chi connectivity index (χ0v) is 13.2. The molecule has 1 aromatic heterocycles. The highest BCUT2D eigenvalue weighted by molar-refractivity contribution is 7.89. The Bertz CT molecular complexity index is 583. The van der Waals surface area contributed by atoms with Crippen LogP contribution in [-0.4, -0.2) is 54.8 Å². The minimum Gasteiger partial charge on any atom is -0.382 e. The summed E-state index contributed by atoms with van der Waals surface area (Å²) in [6.07, 6.45) is 1.26. The third kappa shape index (κ3) is 3.06. The second kappa shape index (κ2) is 5.85. The number of hydrogen-bond acceptors (Lipinski definition) is 5. The zero-order chi connectivity index (χ0) is 14.9. The van der Waals surface area contributed by atoms with E-state index in [4.69, 9.17) is 17.3 Å². The number of sulfonamides is 1. The van der Waals surface area contributed by atoms with Gasteiger partial charge in [-0.05, 0) is 19.9 Å². The van der Waals surface area contributed by atoms with E-state index in [2.05, 4.69) is 23.7 Å². The maximum atomic E-state index is 12.5. The molecule has 0 spiro atoms. The van der Waals surface area contributed by atoms with Crippen molar-refractivity contribution < 1.29 is 8.42 Å². The Kier molecular flexibility index (Phi) is 4.53. The summed E-state index contributed by atoms with van der Waals surface area (Å²) in [6.45, 7) is 6.62. The van der Waals surface area contributed by atoms with Crippen molar-refractivity contribution >= 4 is 27.4 Å². The van der Waals surface area contributed by atoms with Gasteiger partial charge in [0.15, 0.2) is 0 Å². The van der Waals surface area contributed by atoms with Gasteiger partial charge in [0.05, 0.1) is 5.02 Å². The fraction of sp³-hybridized carbons (Fsp3) is 0.583. The molecule has 1 fully saturated rings. The summed E-state index contributed by atoms with van der Waals surface area (Å²) < 4.78 is 26.5. The van der Waals surface area contributed by atoms with Gasteiger partial charge in [-0.25, -0.2) is 13.4 Å². The molecule has 2 heterocycles. The molecule has 0 radical (unpaired) electrons. The molecule has 2 rings (SSSR count). The SMILES string of the molecule is CC(C)N1CCN(S(=O)(=O)c2cnc(N)c(Cl)c2)CC1. The van der Waals surface area contributed by atoms with Crippen molar-refractivity contribution in [2.45, 2.75) is 24.8 Å². The number of aromatic nitrogens is 1. The van der Waals surface area contributed by atoms with Crippen LogP contribution in [0.3, 0.4) is 0 Å². The van der Waals surface area contributed by atoms with Gasteiger partial charge >= 0.3 is 0 Å². The van der Waals surface area contributed by atoms with Crippen molar-refractivity contribution in [2.75, 3.05) is 31.9 Å². The summed E-state index contributed by atoms with van der Waals surface area (Å²) in [7, 11) is -3.55. The van der Waals surface area contributed by atoms with Gasteiger partial charge in [-0.2, -0.15) is 4.31 Å². The number of rotatable bonds is 3. The van der Waals surface area contributed by atoms with E-state index >= 15 is 0 Å². The second-order valence-corrected chi connectivity index (χ2v) is 7.42. The van der Waals surface area contributed by atoms with Crippen LogP contribution in [0.25, 0.3) is 0 Å². The van der Waals surface area contributed by atoms with E-state index in [0.717, 1.165) is 13.1 Å². The van der Waals surface area contributed by atoms with Gasteiger partial charge in [-0.3, -0.25) is 4.90 Å². The molecule has 8 heteroatoms. The molecule has 2 N–H and O–H groups in total. The molecular formula is C12H19ClN4O2S. The lowest BCUT2D eigenvalue weighted by molar-refractivity contribution is 0.154. The molecule has 112 valence electrons. The number of nitrogens with two attached hydrogens (primary N) is 1. The molecule has 0 unspecified atom stereocenters. The van der Waals surface area contributed by atoms with Gasteiger partial charge in [-0.15, -0.1) is 0 Å².